The summed E-state index contributed by atoms with van der Waals surface area (Å²) in [6.45, 7) is 13.8. The lowest BCUT2D eigenvalue weighted by atomic mass is 9.87. The van der Waals surface area contributed by atoms with E-state index in [2.05, 4.69) is 28.2 Å². The number of ether oxygens (including phenoxy) is 8. The molecule has 0 bridgehead atoms. The van der Waals surface area contributed by atoms with Gasteiger partial charge in [0, 0.05) is 26.4 Å². The lowest BCUT2D eigenvalue weighted by molar-refractivity contribution is -0.432. The Morgan fingerprint density at radius 2 is 1.30 bits per heavy atom. The minimum Gasteiger partial charge on any atom is -0.464 e. The highest BCUT2D eigenvalue weighted by atomic mass is 19.3. The molecule has 1 saturated heterocycles. The van der Waals surface area contributed by atoms with Crippen molar-refractivity contribution in [3.8, 4) is 0 Å². The number of esters is 1. The molecule has 0 unspecified atom stereocenters. The van der Waals surface area contributed by atoms with E-state index in [0.29, 0.717) is 64.8 Å². The Kier molecular flexibility index (Phi) is 32.5. The Balaban J connectivity index is 2.31. The number of carbonyl (C=O) groups is 4. The second-order valence-corrected chi connectivity index (χ2v) is 17.6. The van der Waals surface area contributed by atoms with E-state index in [1.165, 1.54) is 6.92 Å². The number of unbranched alkanes of at least 4 members (excludes halogenated alkanes) is 7. The summed E-state index contributed by atoms with van der Waals surface area (Å²) in [6, 6.07) is 6.92. The first-order chi connectivity index (χ1) is 33.3. The first-order valence-electron chi connectivity index (χ1n) is 25.9. The molecule has 1 heterocycles. The molecule has 1 aromatic carbocycles. The third-order valence-electron chi connectivity index (χ3n) is 11.5. The van der Waals surface area contributed by atoms with E-state index in [4.69, 9.17) is 37.9 Å². The van der Waals surface area contributed by atoms with Crippen molar-refractivity contribution in [3.63, 3.8) is 0 Å². The second kappa shape index (κ2) is 36.4. The standard InChI is InChI=1S/C51H88F2N4O12/c1-8-14-29-62-37-42-44(63-30-15-9-2)45(64-31-16-10-3)46(65-32-17-11-4)51(69-42,68-34-19-13-6)50(52,53)38-54-28-24-23-27-41(57-49(61)67-36-40-25-21-20-22-26-40)47(59)55-35-43(58)56-39(7)48(60)66-33-18-12-5/h20-22,25-26,39,41-42,44-46,54H,8-19,23-24,27-38H2,1-7H3,(H,55,59)(H,56,58)(H,57,61)/t39-,41-,42+,44-,45-,46+,51+/m0/s1. The summed E-state index contributed by atoms with van der Waals surface area (Å²) in [5, 5.41) is 10.5. The maximum atomic E-state index is 17.5. The molecule has 3 amide bonds. The van der Waals surface area contributed by atoms with Crippen LogP contribution in [0.25, 0.3) is 0 Å². The average molecular weight is 987 g/mol. The van der Waals surface area contributed by atoms with Gasteiger partial charge < -0.3 is 59.2 Å². The van der Waals surface area contributed by atoms with Crippen LogP contribution in [0.4, 0.5) is 13.6 Å². The van der Waals surface area contributed by atoms with Crippen LogP contribution < -0.4 is 21.3 Å². The van der Waals surface area contributed by atoms with Gasteiger partial charge in [-0.3, -0.25) is 9.59 Å². The van der Waals surface area contributed by atoms with Gasteiger partial charge in [0.2, 0.25) is 11.8 Å². The fourth-order valence-electron chi connectivity index (χ4n) is 7.32. The van der Waals surface area contributed by atoms with Gasteiger partial charge in [-0.2, -0.15) is 8.78 Å². The number of alkyl carbamates (subject to hydrolysis) is 1. The van der Waals surface area contributed by atoms with Gasteiger partial charge in [0.15, 0.2) is 0 Å². The number of hydrogen-bond acceptors (Lipinski definition) is 13. The Labute approximate surface area is 411 Å². The summed E-state index contributed by atoms with van der Waals surface area (Å²) in [7, 11) is 0. The van der Waals surface area contributed by atoms with Crippen LogP contribution in [0, 0.1) is 0 Å². The molecule has 4 N–H and O–H groups in total. The van der Waals surface area contributed by atoms with E-state index in [1.807, 2.05) is 40.7 Å². The van der Waals surface area contributed by atoms with Crippen LogP contribution in [-0.2, 0) is 58.9 Å². The number of amides is 3. The Hall–Kier alpha value is -3.52. The predicted octanol–water partition coefficient (Wildman–Crippen LogP) is 7.93. The maximum absolute atomic E-state index is 17.5. The fraction of sp³-hybridized carbons (Fsp3) is 0.804. The monoisotopic (exact) mass is 987 g/mol. The van der Waals surface area contributed by atoms with Gasteiger partial charge in [-0.15, -0.1) is 0 Å². The number of benzene rings is 1. The van der Waals surface area contributed by atoms with Crippen LogP contribution >= 0.6 is 0 Å². The van der Waals surface area contributed by atoms with Gasteiger partial charge >= 0.3 is 18.0 Å². The molecule has 0 aliphatic carbocycles. The van der Waals surface area contributed by atoms with Gasteiger partial charge in [-0.05, 0) is 76.8 Å². The van der Waals surface area contributed by atoms with E-state index in [-0.39, 0.29) is 46.0 Å². The summed E-state index contributed by atoms with van der Waals surface area (Å²) in [6.07, 6.45) is 4.83. The zero-order valence-electron chi connectivity index (χ0n) is 42.9. The van der Waals surface area contributed by atoms with Crippen LogP contribution in [0.15, 0.2) is 30.3 Å². The summed E-state index contributed by atoms with van der Waals surface area (Å²) in [5.41, 5.74) is 0.737. The molecule has 0 aromatic heterocycles. The molecule has 0 radical (unpaired) electrons. The van der Waals surface area contributed by atoms with E-state index in [0.717, 1.165) is 50.5 Å². The van der Waals surface area contributed by atoms with Crippen LogP contribution in [0.1, 0.15) is 150 Å². The molecule has 16 nitrogen and oxygen atoms in total. The largest absolute Gasteiger partial charge is 0.464 e. The smallest absolute Gasteiger partial charge is 0.408 e. The molecule has 1 aliphatic rings. The molecule has 1 aromatic rings. The molecule has 1 fully saturated rings. The van der Waals surface area contributed by atoms with Crippen LogP contribution in [0.3, 0.4) is 0 Å². The molecule has 0 spiro atoms. The molecule has 18 heteroatoms. The first kappa shape index (κ1) is 61.6. The van der Waals surface area contributed by atoms with Gasteiger partial charge in [0.1, 0.15) is 43.1 Å². The van der Waals surface area contributed by atoms with Crippen LogP contribution in [-0.4, -0.2) is 138 Å². The molecule has 7 atom stereocenters. The number of alkyl halides is 2. The Morgan fingerprint density at radius 3 is 1.96 bits per heavy atom. The van der Waals surface area contributed by atoms with Crippen molar-refractivity contribution in [1.82, 2.24) is 21.3 Å². The highest BCUT2D eigenvalue weighted by Crippen LogP contribution is 2.46. The van der Waals surface area contributed by atoms with Crippen molar-refractivity contribution in [3.05, 3.63) is 35.9 Å². The zero-order valence-corrected chi connectivity index (χ0v) is 42.9. The molecular weight excluding hydrogens is 899 g/mol. The summed E-state index contributed by atoms with van der Waals surface area (Å²) < 4.78 is 83.9. The minimum absolute atomic E-state index is 0.00532. The number of hydrogen-bond donors (Lipinski definition) is 4. The van der Waals surface area contributed by atoms with E-state index < -0.39 is 85.2 Å². The molecule has 0 saturated carbocycles. The maximum Gasteiger partial charge on any atom is 0.408 e. The molecule has 69 heavy (non-hydrogen) atoms. The second-order valence-electron chi connectivity index (χ2n) is 17.6. The van der Waals surface area contributed by atoms with Crippen molar-refractivity contribution < 1.29 is 65.9 Å². The highest BCUT2D eigenvalue weighted by molar-refractivity contribution is 5.91. The molecule has 1 aliphatic heterocycles. The van der Waals surface area contributed by atoms with Crippen molar-refractivity contribution in [2.45, 2.75) is 200 Å². The van der Waals surface area contributed by atoms with Crippen molar-refractivity contribution in [1.29, 1.82) is 0 Å². The number of carbonyl (C=O) groups excluding carboxylic acids is 4. The quantitative estimate of drug-likeness (QED) is 0.0367. The summed E-state index contributed by atoms with van der Waals surface area (Å²) in [4.78, 5) is 51.3. The molecule has 398 valence electrons. The average Bonchev–Trinajstić information content (AvgIpc) is 3.33. The molecular formula is C51H88F2N4O12. The van der Waals surface area contributed by atoms with E-state index in [1.54, 1.807) is 24.3 Å². The van der Waals surface area contributed by atoms with Crippen LogP contribution in [0.5, 0.6) is 0 Å². The summed E-state index contributed by atoms with van der Waals surface area (Å²) >= 11 is 0. The SMILES string of the molecule is CCCCOC[C@H]1O[C@@](OCCCC)(C(F)(F)CNCCCC[C@H](NC(=O)OCc2ccccc2)C(=O)NCC(=O)N[C@@H](C)C(=O)OCCCC)[C@H](OCCCC)[C@@H](OCCCC)[C@H]1OCCCC. The Bertz CT molecular complexity index is 1530. The number of rotatable bonds is 40. The highest BCUT2D eigenvalue weighted by Gasteiger charge is 2.69. The lowest BCUT2D eigenvalue weighted by Crippen LogP contribution is -2.75. The van der Waals surface area contributed by atoms with Crippen molar-refractivity contribution in [2.24, 2.45) is 0 Å². The number of halogens is 2. The van der Waals surface area contributed by atoms with Crippen LogP contribution in [0.2, 0.25) is 0 Å². The predicted molar refractivity (Wildman–Crippen MR) is 260 cm³/mol. The number of nitrogens with one attached hydrogen (secondary N) is 4. The first-order valence-corrected chi connectivity index (χ1v) is 25.9. The van der Waals surface area contributed by atoms with Gasteiger partial charge in [-0.1, -0.05) is 110 Å². The normalized spacial score (nSPS) is 20.2. The van der Waals surface area contributed by atoms with E-state index in [9.17, 15) is 19.2 Å². The Morgan fingerprint density at radius 1 is 0.710 bits per heavy atom. The van der Waals surface area contributed by atoms with E-state index >= 15 is 8.78 Å². The minimum atomic E-state index is -3.67. The third kappa shape index (κ3) is 23.1. The fourth-order valence-corrected chi connectivity index (χ4v) is 7.32. The lowest BCUT2D eigenvalue weighted by Gasteiger charge is -2.54. The topological polar surface area (TPSA) is 190 Å². The summed E-state index contributed by atoms with van der Waals surface area (Å²) in [5.74, 6) is -8.15. The third-order valence-corrected chi connectivity index (χ3v) is 11.5. The van der Waals surface area contributed by atoms with Crippen molar-refractivity contribution in [2.75, 3.05) is 65.9 Å². The van der Waals surface area contributed by atoms with Crippen molar-refractivity contribution >= 4 is 23.9 Å². The van der Waals surface area contributed by atoms with Gasteiger partial charge in [-0.25, -0.2) is 9.59 Å². The zero-order chi connectivity index (χ0) is 50.8. The molecule has 2 rings (SSSR count). The van der Waals surface area contributed by atoms with Gasteiger partial charge in [0.25, 0.3) is 5.79 Å². The van der Waals surface area contributed by atoms with Gasteiger partial charge in [0.05, 0.1) is 32.9 Å².